The lowest BCUT2D eigenvalue weighted by molar-refractivity contribution is -0.0543. The van der Waals surface area contributed by atoms with E-state index in [1.807, 2.05) is 0 Å². The van der Waals surface area contributed by atoms with Crippen LogP contribution in [-0.2, 0) is 17.6 Å². The van der Waals surface area contributed by atoms with E-state index < -0.39 is 0 Å². The molecule has 0 unspecified atom stereocenters. The summed E-state index contributed by atoms with van der Waals surface area (Å²) in [7, 11) is 0. The lowest BCUT2D eigenvalue weighted by atomic mass is 9.76. The van der Waals surface area contributed by atoms with E-state index in [1.165, 1.54) is 17.7 Å². The van der Waals surface area contributed by atoms with Gasteiger partial charge in [-0.3, -0.25) is 0 Å². The molecule has 3 aliphatic rings. The van der Waals surface area contributed by atoms with Gasteiger partial charge in [-0.2, -0.15) is 0 Å². The van der Waals surface area contributed by atoms with Crippen LogP contribution in [0.4, 0.5) is 5.95 Å². The number of aliphatic hydroxyl groups is 1. The number of ether oxygens (including phenoxy) is 1. The number of aryl methyl sites for hydroxylation is 2. The Balaban J connectivity index is 1.65. The SMILES string of the molecule is Cc1nc(N2C[C@@H]3CCOC[C@]3(CO)C2)nc2c1CCC2. The summed E-state index contributed by atoms with van der Waals surface area (Å²) in [6, 6.07) is 0. The second-order valence-corrected chi connectivity index (χ2v) is 6.83. The molecule has 0 bridgehead atoms. The monoisotopic (exact) mass is 289 g/mol. The van der Waals surface area contributed by atoms with Crippen LogP contribution in [0.15, 0.2) is 0 Å². The van der Waals surface area contributed by atoms with Crippen molar-refractivity contribution in [3.63, 3.8) is 0 Å². The topological polar surface area (TPSA) is 58.5 Å². The highest BCUT2D eigenvalue weighted by atomic mass is 16.5. The van der Waals surface area contributed by atoms with Crippen molar-refractivity contribution in [2.75, 3.05) is 37.8 Å². The molecule has 0 amide bonds. The number of anilines is 1. The fourth-order valence-electron chi connectivity index (χ4n) is 4.22. The smallest absolute Gasteiger partial charge is 0.225 e. The highest BCUT2D eigenvalue weighted by Gasteiger charge is 2.49. The van der Waals surface area contributed by atoms with E-state index in [0.717, 1.165) is 50.6 Å². The zero-order valence-electron chi connectivity index (χ0n) is 12.6. The molecule has 0 aromatic carbocycles. The average molecular weight is 289 g/mol. The fourth-order valence-corrected chi connectivity index (χ4v) is 4.22. The summed E-state index contributed by atoms with van der Waals surface area (Å²) in [6.07, 6.45) is 4.43. The Kier molecular flexibility index (Phi) is 3.15. The van der Waals surface area contributed by atoms with Crippen LogP contribution in [-0.4, -0.2) is 48.0 Å². The predicted molar refractivity (Wildman–Crippen MR) is 79.5 cm³/mol. The first-order valence-corrected chi connectivity index (χ1v) is 8.02. The number of rotatable bonds is 2. The molecule has 0 radical (unpaired) electrons. The predicted octanol–water partition coefficient (Wildman–Crippen LogP) is 1.11. The Labute approximate surface area is 125 Å². The number of hydrogen-bond acceptors (Lipinski definition) is 5. The third kappa shape index (κ3) is 2.06. The lowest BCUT2D eigenvalue weighted by Gasteiger charge is -2.36. The normalized spacial score (nSPS) is 31.3. The number of aliphatic hydroxyl groups excluding tert-OH is 1. The van der Waals surface area contributed by atoms with Crippen LogP contribution in [0, 0.1) is 18.3 Å². The molecule has 2 fully saturated rings. The van der Waals surface area contributed by atoms with E-state index in [-0.39, 0.29) is 12.0 Å². The summed E-state index contributed by atoms with van der Waals surface area (Å²) >= 11 is 0. The van der Waals surface area contributed by atoms with Crippen molar-refractivity contribution in [1.82, 2.24) is 9.97 Å². The molecule has 2 atom stereocenters. The molecular weight excluding hydrogens is 266 g/mol. The van der Waals surface area contributed by atoms with Crippen molar-refractivity contribution in [1.29, 1.82) is 0 Å². The van der Waals surface area contributed by atoms with Crippen molar-refractivity contribution in [2.45, 2.75) is 32.6 Å². The average Bonchev–Trinajstić information content (AvgIpc) is 3.11. The maximum absolute atomic E-state index is 9.88. The highest BCUT2D eigenvalue weighted by molar-refractivity contribution is 5.41. The van der Waals surface area contributed by atoms with E-state index in [0.29, 0.717) is 12.5 Å². The first-order valence-electron chi connectivity index (χ1n) is 8.02. The van der Waals surface area contributed by atoms with Gasteiger partial charge >= 0.3 is 0 Å². The zero-order chi connectivity index (χ0) is 14.4. The van der Waals surface area contributed by atoms with Gasteiger partial charge in [0.15, 0.2) is 0 Å². The van der Waals surface area contributed by atoms with Crippen molar-refractivity contribution >= 4 is 5.95 Å². The van der Waals surface area contributed by atoms with Gasteiger partial charge < -0.3 is 14.7 Å². The summed E-state index contributed by atoms with van der Waals surface area (Å²) in [5.41, 5.74) is 3.61. The van der Waals surface area contributed by atoms with Crippen LogP contribution in [0.25, 0.3) is 0 Å². The molecule has 1 aromatic rings. The van der Waals surface area contributed by atoms with Gasteiger partial charge in [0.05, 0.1) is 13.2 Å². The molecule has 21 heavy (non-hydrogen) atoms. The Morgan fingerprint density at radius 2 is 2.29 bits per heavy atom. The molecule has 1 N–H and O–H groups in total. The minimum absolute atomic E-state index is 0.117. The molecule has 0 saturated carbocycles. The van der Waals surface area contributed by atoms with Gasteiger partial charge in [0.1, 0.15) is 0 Å². The van der Waals surface area contributed by atoms with Crippen LogP contribution >= 0.6 is 0 Å². The van der Waals surface area contributed by atoms with E-state index in [1.54, 1.807) is 0 Å². The Hall–Kier alpha value is -1.20. The molecule has 0 spiro atoms. The summed E-state index contributed by atoms with van der Waals surface area (Å²) in [5.74, 6) is 1.35. The number of hydrogen-bond donors (Lipinski definition) is 1. The second kappa shape index (κ2) is 4.92. The third-order valence-corrected chi connectivity index (χ3v) is 5.54. The summed E-state index contributed by atoms with van der Waals surface area (Å²) < 4.78 is 5.63. The maximum atomic E-state index is 9.88. The molecule has 1 aromatic heterocycles. The molecule has 114 valence electrons. The second-order valence-electron chi connectivity index (χ2n) is 6.83. The number of nitrogens with zero attached hydrogens (tertiary/aromatic N) is 3. The summed E-state index contributed by atoms with van der Waals surface area (Å²) in [6.45, 7) is 5.52. The van der Waals surface area contributed by atoms with E-state index in [2.05, 4.69) is 11.8 Å². The van der Waals surface area contributed by atoms with Gasteiger partial charge in [0, 0.05) is 36.5 Å². The van der Waals surface area contributed by atoms with Gasteiger partial charge in [0.2, 0.25) is 5.95 Å². The molecule has 5 heteroatoms. The number of fused-ring (bicyclic) bond motifs is 2. The maximum Gasteiger partial charge on any atom is 0.225 e. The molecule has 5 nitrogen and oxygen atoms in total. The van der Waals surface area contributed by atoms with E-state index in [4.69, 9.17) is 14.7 Å². The van der Waals surface area contributed by atoms with Crippen molar-refractivity contribution < 1.29 is 9.84 Å². The Morgan fingerprint density at radius 1 is 1.38 bits per heavy atom. The van der Waals surface area contributed by atoms with E-state index >= 15 is 0 Å². The Bertz CT molecular complexity index is 563. The van der Waals surface area contributed by atoms with Crippen molar-refractivity contribution in [3.8, 4) is 0 Å². The van der Waals surface area contributed by atoms with Gasteiger partial charge in [0.25, 0.3) is 0 Å². The van der Waals surface area contributed by atoms with Crippen LogP contribution in [0.3, 0.4) is 0 Å². The largest absolute Gasteiger partial charge is 0.396 e. The molecular formula is C16H23N3O2. The van der Waals surface area contributed by atoms with Gasteiger partial charge in [-0.25, -0.2) is 9.97 Å². The number of aromatic nitrogens is 2. The Morgan fingerprint density at radius 3 is 3.10 bits per heavy atom. The van der Waals surface area contributed by atoms with Gasteiger partial charge in [-0.1, -0.05) is 0 Å². The molecule has 3 heterocycles. The highest BCUT2D eigenvalue weighted by Crippen LogP contribution is 2.42. The van der Waals surface area contributed by atoms with Crippen LogP contribution in [0.5, 0.6) is 0 Å². The molecule has 4 rings (SSSR count). The van der Waals surface area contributed by atoms with Gasteiger partial charge in [-0.05, 0) is 44.1 Å². The first kappa shape index (κ1) is 13.5. The van der Waals surface area contributed by atoms with Crippen molar-refractivity contribution in [2.24, 2.45) is 11.3 Å². The summed E-state index contributed by atoms with van der Waals surface area (Å²) in [5, 5.41) is 9.88. The molecule has 1 aliphatic carbocycles. The van der Waals surface area contributed by atoms with Crippen LogP contribution in [0.1, 0.15) is 29.8 Å². The van der Waals surface area contributed by atoms with Crippen LogP contribution in [0.2, 0.25) is 0 Å². The van der Waals surface area contributed by atoms with Gasteiger partial charge in [-0.15, -0.1) is 0 Å². The summed E-state index contributed by atoms with van der Waals surface area (Å²) in [4.78, 5) is 11.8. The first-order chi connectivity index (χ1) is 10.2. The van der Waals surface area contributed by atoms with Crippen LogP contribution < -0.4 is 4.90 Å². The quantitative estimate of drug-likeness (QED) is 0.884. The molecule has 2 aliphatic heterocycles. The third-order valence-electron chi connectivity index (χ3n) is 5.54. The fraction of sp³-hybridized carbons (Fsp3) is 0.750. The lowest BCUT2D eigenvalue weighted by Crippen LogP contribution is -2.43. The minimum atomic E-state index is -0.117. The minimum Gasteiger partial charge on any atom is -0.396 e. The standard InChI is InChI=1S/C16H23N3O2/c1-11-13-3-2-4-14(13)18-15(17-11)19-7-12-5-6-21-10-16(12,8-19)9-20/h12,20H,2-10H2,1H3/t12-,16+/m0/s1. The van der Waals surface area contributed by atoms with Crippen molar-refractivity contribution in [3.05, 3.63) is 17.0 Å². The zero-order valence-corrected chi connectivity index (χ0v) is 12.6. The van der Waals surface area contributed by atoms with E-state index in [9.17, 15) is 5.11 Å². The molecule has 2 saturated heterocycles.